The molecule has 2 rings (SSSR count). The minimum absolute atomic E-state index is 0.107. The number of anilines is 1. The number of halogens is 1. The molecule has 108 valence electrons. The maximum Gasteiger partial charge on any atom is 0.260 e. The molecule has 0 unspecified atom stereocenters. The molecule has 0 aliphatic heterocycles. The maximum atomic E-state index is 11.9. The first-order chi connectivity index (χ1) is 9.40. The van der Waals surface area contributed by atoms with E-state index in [0.29, 0.717) is 21.8 Å². The van der Waals surface area contributed by atoms with Gasteiger partial charge in [0.2, 0.25) is 0 Å². The molecule has 0 aromatic heterocycles. The average molecular weight is 341 g/mol. The zero-order valence-electron chi connectivity index (χ0n) is 11.5. The van der Waals surface area contributed by atoms with Crippen LogP contribution in [0.25, 0.3) is 0 Å². The number of carbonyl (C=O) groups excluding carboxylic acids is 2. The van der Waals surface area contributed by atoms with Gasteiger partial charge in [0.15, 0.2) is 18.1 Å². The number of rotatable bonds is 5. The molecule has 1 aliphatic carbocycles. The van der Waals surface area contributed by atoms with E-state index < -0.39 is 0 Å². The van der Waals surface area contributed by atoms with Crippen molar-refractivity contribution in [1.82, 2.24) is 4.90 Å². The normalized spacial score (nSPS) is 13.9. The Hall–Kier alpha value is -1.56. The number of carbonyl (C=O) groups is 2. The van der Waals surface area contributed by atoms with Gasteiger partial charge in [0.25, 0.3) is 5.91 Å². The molecule has 0 bridgehead atoms. The van der Waals surface area contributed by atoms with E-state index in [1.807, 2.05) is 0 Å². The maximum absolute atomic E-state index is 11.9. The molecule has 1 saturated carbocycles. The molecule has 5 nitrogen and oxygen atoms in total. The van der Waals surface area contributed by atoms with E-state index in [9.17, 15) is 9.59 Å². The molecule has 0 spiro atoms. The second-order valence-electron chi connectivity index (χ2n) is 4.95. The van der Waals surface area contributed by atoms with E-state index in [1.54, 1.807) is 24.1 Å². The Kier molecular flexibility index (Phi) is 4.32. The van der Waals surface area contributed by atoms with Crippen molar-refractivity contribution in [1.29, 1.82) is 0 Å². The average Bonchev–Trinajstić information content (AvgIpc) is 3.19. The van der Waals surface area contributed by atoms with Gasteiger partial charge in [0.05, 0.1) is 11.3 Å². The lowest BCUT2D eigenvalue weighted by molar-refractivity contribution is -0.132. The Labute approximate surface area is 126 Å². The Morgan fingerprint density at radius 3 is 2.65 bits per heavy atom. The lowest BCUT2D eigenvalue weighted by atomic mass is 10.1. The predicted octanol–water partition coefficient (Wildman–Crippen LogP) is 2.23. The van der Waals surface area contributed by atoms with Gasteiger partial charge in [-0.3, -0.25) is 9.59 Å². The van der Waals surface area contributed by atoms with Crippen LogP contribution in [0.15, 0.2) is 16.6 Å². The number of nitrogens with zero attached hydrogens (tertiary/aromatic N) is 1. The monoisotopic (exact) mass is 340 g/mol. The van der Waals surface area contributed by atoms with Crippen LogP contribution in [-0.2, 0) is 4.79 Å². The van der Waals surface area contributed by atoms with Gasteiger partial charge >= 0.3 is 0 Å². The van der Waals surface area contributed by atoms with E-state index >= 15 is 0 Å². The number of benzene rings is 1. The highest BCUT2D eigenvalue weighted by molar-refractivity contribution is 9.10. The van der Waals surface area contributed by atoms with Crippen molar-refractivity contribution in [2.75, 3.05) is 19.4 Å². The zero-order valence-corrected chi connectivity index (χ0v) is 13.1. The van der Waals surface area contributed by atoms with Gasteiger partial charge in [-0.25, -0.2) is 0 Å². The first-order valence-electron chi connectivity index (χ1n) is 6.38. The minimum atomic E-state index is -0.156. The summed E-state index contributed by atoms with van der Waals surface area (Å²) >= 11 is 3.28. The lowest BCUT2D eigenvalue weighted by Gasteiger charge is -2.18. The quantitative estimate of drug-likeness (QED) is 0.659. The molecule has 0 atom stereocenters. The van der Waals surface area contributed by atoms with Crippen molar-refractivity contribution in [3.8, 4) is 5.75 Å². The van der Waals surface area contributed by atoms with Crippen molar-refractivity contribution in [2.45, 2.75) is 25.8 Å². The van der Waals surface area contributed by atoms with Gasteiger partial charge in [-0.15, -0.1) is 0 Å². The third-order valence-electron chi connectivity index (χ3n) is 3.29. The highest BCUT2D eigenvalue weighted by atomic mass is 79.9. The largest absolute Gasteiger partial charge is 0.481 e. The minimum Gasteiger partial charge on any atom is -0.481 e. The van der Waals surface area contributed by atoms with Crippen LogP contribution < -0.4 is 10.5 Å². The van der Waals surface area contributed by atoms with E-state index in [2.05, 4.69) is 15.9 Å². The fourth-order valence-electron chi connectivity index (χ4n) is 1.94. The van der Waals surface area contributed by atoms with E-state index in [0.717, 1.165) is 12.8 Å². The number of ketones is 1. The number of ether oxygens (including phenoxy) is 1. The number of nitrogen functional groups attached to an aromatic ring is 1. The molecule has 1 aliphatic rings. The highest BCUT2D eigenvalue weighted by Gasteiger charge is 2.29. The second-order valence-corrected chi connectivity index (χ2v) is 5.87. The number of hydrogen-bond acceptors (Lipinski definition) is 4. The summed E-state index contributed by atoms with van der Waals surface area (Å²) in [6.07, 6.45) is 2.09. The number of hydrogen-bond donors (Lipinski definition) is 1. The number of Topliss-reactive ketones (excluding diaryl/α,β-unsaturated/α-hetero) is 1. The predicted molar refractivity (Wildman–Crippen MR) is 79.8 cm³/mol. The molecule has 0 radical (unpaired) electrons. The van der Waals surface area contributed by atoms with Crippen molar-refractivity contribution in [2.24, 2.45) is 0 Å². The molecule has 2 N–H and O–H groups in total. The smallest absolute Gasteiger partial charge is 0.260 e. The van der Waals surface area contributed by atoms with E-state index in [4.69, 9.17) is 10.5 Å². The zero-order chi connectivity index (χ0) is 14.9. The van der Waals surface area contributed by atoms with Crippen LogP contribution in [0, 0.1) is 0 Å². The Bertz CT molecular complexity index is 556. The summed E-state index contributed by atoms with van der Waals surface area (Å²) in [7, 11) is 1.76. The van der Waals surface area contributed by atoms with Gasteiger partial charge in [-0.1, -0.05) is 15.9 Å². The molecule has 1 fully saturated rings. The summed E-state index contributed by atoms with van der Waals surface area (Å²) in [6, 6.07) is 3.63. The van der Waals surface area contributed by atoms with Crippen LogP contribution >= 0.6 is 15.9 Å². The summed E-state index contributed by atoms with van der Waals surface area (Å²) in [6.45, 7) is 1.32. The highest BCUT2D eigenvalue weighted by Crippen LogP contribution is 2.31. The summed E-state index contributed by atoms with van der Waals surface area (Å²) in [4.78, 5) is 25.2. The van der Waals surface area contributed by atoms with Crippen molar-refractivity contribution in [3.05, 3.63) is 22.2 Å². The van der Waals surface area contributed by atoms with Gasteiger partial charge in [0.1, 0.15) is 0 Å². The standard InChI is InChI=1S/C14H17BrN2O3/c1-8(18)11-5-9(15)6-12(16)14(11)20-7-13(19)17(2)10-3-4-10/h5-6,10H,3-4,7,16H2,1-2H3. The number of likely N-dealkylation sites (N-methyl/N-ethyl adjacent to an activating group) is 1. The molecule has 6 heteroatoms. The van der Waals surface area contributed by atoms with E-state index in [-0.39, 0.29) is 24.0 Å². The molecular formula is C14H17BrN2O3. The van der Waals surface area contributed by atoms with Crippen LogP contribution in [0.1, 0.15) is 30.1 Å². The summed E-state index contributed by atoms with van der Waals surface area (Å²) in [5.41, 5.74) is 6.58. The fraction of sp³-hybridized carbons (Fsp3) is 0.429. The molecule has 0 saturated heterocycles. The van der Waals surface area contributed by atoms with Crippen LogP contribution in [0.4, 0.5) is 5.69 Å². The third-order valence-corrected chi connectivity index (χ3v) is 3.75. The van der Waals surface area contributed by atoms with Crippen LogP contribution in [0.3, 0.4) is 0 Å². The second kappa shape index (κ2) is 5.83. The molecular weight excluding hydrogens is 324 g/mol. The van der Waals surface area contributed by atoms with Crippen molar-refractivity contribution < 1.29 is 14.3 Å². The fourth-order valence-corrected chi connectivity index (χ4v) is 2.41. The SMILES string of the molecule is CC(=O)c1cc(Br)cc(N)c1OCC(=O)N(C)C1CC1. The van der Waals surface area contributed by atoms with Gasteiger partial charge in [0, 0.05) is 17.6 Å². The number of nitrogens with two attached hydrogens (primary N) is 1. The van der Waals surface area contributed by atoms with Gasteiger partial charge in [-0.2, -0.15) is 0 Å². The molecule has 0 heterocycles. The first-order valence-corrected chi connectivity index (χ1v) is 7.18. The Balaban J connectivity index is 2.12. The molecule has 1 amide bonds. The lowest BCUT2D eigenvalue weighted by Crippen LogP contribution is -2.33. The molecule has 1 aromatic rings. The van der Waals surface area contributed by atoms with Crippen molar-refractivity contribution in [3.63, 3.8) is 0 Å². The first kappa shape index (κ1) is 14.8. The van der Waals surface area contributed by atoms with Gasteiger partial charge in [-0.05, 0) is 31.9 Å². The summed E-state index contributed by atoms with van der Waals surface area (Å²) < 4.78 is 6.19. The third kappa shape index (κ3) is 3.30. The van der Waals surface area contributed by atoms with E-state index in [1.165, 1.54) is 6.92 Å². The topological polar surface area (TPSA) is 72.6 Å². The van der Waals surface area contributed by atoms with Gasteiger partial charge < -0.3 is 15.4 Å². The summed E-state index contributed by atoms with van der Waals surface area (Å²) in [5.74, 6) is 0.0126. The Morgan fingerprint density at radius 2 is 2.10 bits per heavy atom. The summed E-state index contributed by atoms with van der Waals surface area (Å²) in [5, 5.41) is 0. The Morgan fingerprint density at radius 1 is 1.45 bits per heavy atom. The molecule has 20 heavy (non-hydrogen) atoms. The van der Waals surface area contributed by atoms with Crippen molar-refractivity contribution >= 4 is 33.3 Å². The molecule has 1 aromatic carbocycles. The number of amides is 1. The van der Waals surface area contributed by atoms with Crippen LogP contribution in [-0.4, -0.2) is 36.3 Å². The van der Waals surface area contributed by atoms with Crippen LogP contribution in [0.2, 0.25) is 0 Å². The van der Waals surface area contributed by atoms with Crippen LogP contribution in [0.5, 0.6) is 5.75 Å².